The molecule has 0 amide bonds. The van der Waals surface area contributed by atoms with Crippen LogP contribution in [0.15, 0.2) is 33.6 Å². The van der Waals surface area contributed by atoms with Crippen molar-refractivity contribution in [3.8, 4) is 11.3 Å². The second-order valence-electron chi connectivity index (χ2n) is 4.74. The van der Waals surface area contributed by atoms with Crippen LogP contribution >= 0.6 is 0 Å². The average Bonchev–Trinajstić information content (AvgIpc) is 2.91. The molecule has 0 saturated carbocycles. The predicted octanol–water partition coefficient (Wildman–Crippen LogP) is 2.29. The maximum atomic E-state index is 12.2. The number of hydrogen-bond acceptors (Lipinski definition) is 6. The molecule has 0 aliphatic heterocycles. The second kappa shape index (κ2) is 5.06. The fourth-order valence-corrected chi connectivity index (χ4v) is 2.32. The number of nitro benzene ring substituents is 1. The molecule has 8 nitrogen and oxygen atoms in total. The van der Waals surface area contributed by atoms with E-state index in [-0.39, 0.29) is 16.8 Å². The second-order valence-corrected chi connectivity index (χ2v) is 4.74. The highest BCUT2D eigenvalue weighted by molar-refractivity contribution is 5.93. The molecule has 0 unspecified atom stereocenters. The number of hydrogen-bond donors (Lipinski definition) is 0. The average molecular weight is 300 g/mol. The minimum Gasteiger partial charge on any atom is -0.360 e. The Morgan fingerprint density at radius 3 is 2.86 bits per heavy atom. The largest absolute Gasteiger partial charge is 0.360 e. The fourth-order valence-electron chi connectivity index (χ4n) is 2.32. The van der Waals surface area contributed by atoms with E-state index in [4.69, 9.17) is 4.52 Å². The molecule has 0 atom stereocenters. The van der Waals surface area contributed by atoms with Crippen LogP contribution in [-0.4, -0.2) is 19.9 Å². The molecule has 0 saturated heterocycles. The Labute approximate surface area is 124 Å². The van der Waals surface area contributed by atoms with Gasteiger partial charge in [0.25, 0.3) is 11.2 Å². The molecular weight excluding hydrogens is 288 g/mol. The van der Waals surface area contributed by atoms with Crippen molar-refractivity contribution in [1.82, 2.24) is 14.9 Å². The molecule has 0 aliphatic rings. The molecule has 8 heteroatoms. The fraction of sp³-hybridized carbons (Fsp3) is 0.214. The standard InChI is InChI=1S/C14H12N4O4/c1-3-17-14(19)13-11(8(2)22-16-13)12(15-17)9-5-4-6-10(7-9)18(20)21/h4-7H,3H2,1-2H3. The highest BCUT2D eigenvalue weighted by Crippen LogP contribution is 2.29. The molecule has 2 aromatic heterocycles. The SMILES string of the molecule is CCn1nc(-c2cccc([N+](=O)[O-])c2)c2c(C)onc2c1=O. The third kappa shape index (κ3) is 2.05. The number of nitrogens with zero attached hydrogens (tertiary/aromatic N) is 4. The summed E-state index contributed by atoms with van der Waals surface area (Å²) in [6, 6.07) is 6.09. The molecule has 0 aliphatic carbocycles. The van der Waals surface area contributed by atoms with Gasteiger partial charge < -0.3 is 4.52 Å². The van der Waals surface area contributed by atoms with Crippen molar-refractivity contribution in [2.45, 2.75) is 20.4 Å². The van der Waals surface area contributed by atoms with Crippen LogP contribution in [0.2, 0.25) is 0 Å². The van der Waals surface area contributed by atoms with Gasteiger partial charge in [0.15, 0.2) is 5.52 Å². The number of aromatic nitrogens is 3. The Bertz CT molecular complexity index is 942. The van der Waals surface area contributed by atoms with Gasteiger partial charge in [-0.25, -0.2) is 4.68 Å². The minimum atomic E-state index is -0.475. The van der Waals surface area contributed by atoms with Crippen molar-refractivity contribution in [1.29, 1.82) is 0 Å². The van der Waals surface area contributed by atoms with Crippen molar-refractivity contribution in [2.75, 3.05) is 0 Å². The number of aryl methyl sites for hydroxylation is 2. The first-order chi connectivity index (χ1) is 10.5. The third-order valence-electron chi connectivity index (χ3n) is 3.39. The van der Waals surface area contributed by atoms with E-state index in [1.165, 1.54) is 16.8 Å². The smallest absolute Gasteiger partial charge is 0.296 e. The van der Waals surface area contributed by atoms with Crippen LogP contribution in [0.25, 0.3) is 22.2 Å². The quantitative estimate of drug-likeness (QED) is 0.543. The van der Waals surface area contributed by atoms with Crippen molar-refractivity contribution in [3.63, 3.8) is 0 Å². The van der Waals surface area contributed by atoms with Crippen LogP contribution in [-0.2, 0) is 6.54 Å². The first-order valence-electron chi connectivity index (χ1n) is 6.65. The highest BCUT2D eigenvalue weighted by Gasteiger charge is 2.19. The molecule has 1 aromatic carbocycles. The van der Waals surface area contributed by atoms with Crippen LogP contribution in [0.4, 0.5) is 5.69 Å². The number of benzene rings is 1. The minimum absolute atomic E-state index is 0.0456. The monoisotopic (exact) mass is 300 g/mol. The lowest BCUT2D eigenvalue weighted by Gasteiger charge is -2.06. The lowest BCUT2D eigenvalue weighted by molar-refractivity contribution is -0.384. The first-order valence-corrected chi connectivity index (χ1v) is 6.65. The zero-order valence-corrected chi connectivity index (χ0v) is 11.9. The van der Waals surface area contributed by atoms with Crippen LogP contribution in [0.5, 0.6) is 0 Å². The highest BCUT2D eigenvalue weighted by atomic mass is 16.6. The Kier molecular flexibility index (Phi) is 3.21. The van der Waals surface area contributed by atoms with E-state index in [2.05, 4.69) is 10.3 Å². The summed E-state index contributed by atoms with van der Waals surface area (Å²) in [5.41, 5.74) is 0.766. The Morgan fingerprint density at radius 1 is 1.41 bits per heavy atom. The van der Waals surface area contributed by atoms with E-state index in [1.807, 2.05) is 0 Å². The van der Waals surface area contributed by atoms with E-state index in [0.717, 1.165) is 0 Å². The summed E-state index contributed by atoms with van der Waals surface area (Å²) in [4.78, 5) is 22.7. The van der Waals surface area contributed by atoms with E-state index in [0.29, 0.717) is 28.9 Å². The summed E-state index contributed by atoms with van der Waals surface area (Å²) in [6.45, 7) is 3.82. The molecule has 3 aromatic rings. The number of non-ortho nitro benzene ring substituents is 1. The topological polar surface area (TPSA) is 104 Å². The normalized spacial score (nSPS) is 11.0. The van der Waals surface area contributed by atoms with Crippen molar-refractivity contribution in [3.05, 3.63) is 50.5 Å². The predicted molar refractivity (Wildman–Crippen MR) is 78.6 cm³/mol. The summed E-state index contributed by atoms with van der Waals surface area (Å²) < 4.78 is 6.36. The van der Waals surface area contributed by atoms with Gasteiger partial charge in [-0.3, -0.25) is 14.9 Å². The van der Waals surface area contributed by atoms with Gasteiger partial charge in [-0.1, -0.05) is 17.3 Å². The Hall–Kier alpha value is -3.03. The van der Waals surface area contributed by atoms with E-state index < -0.39 is 4.92 Å². The summed E-state index contributed by atoms with van der Waals surface area (Å²) in [6.07, 6.45) is 0. The van der Waals surface area contributed by atoms with Gasteiger partial charge in [-0.2, -0.15) is 5.10 Å². The van der Waals surface area contributed by atoms with Crippen LogP contribution in [0.3, 0.4) is 0 Å². The van der Waals surface area contributed by atoms with Crippen molar-refractivity contribution >= 4 is 16.6 Å². The molecule has 2 heterocycles. The lowest BCUT2D eigenvalue weighted by atomic mass is 10.1. The maximum Gasteiger partial charge on any atom is 0.296 e. The molecule has 0 fully saturated rings. The van der Waals surface area contributed by atoms with E-state index >= 15 is 0 Å². The molecule has 0 N–H and O–H groups in total. The van der Waals surface area contributed by atoms with Gasteiger partial charge >= 0.3 is 0 Å². The van der Waals surface area contributed by atoms with Crippen LogP contribution in [0.1, 0.15) is 12.7 Å². The molecular formula is C14H12N4O4. The zero-order valence-electron chi connectivity index (χ0n) is 11.9. The van der Waals surface area contributed by atoms with Gasteiger partial charge in [0.2, 0.25) is 0 Å². The summed E-state index contributed by atoms with van der Waals surface area (Å²) in [5.74, 6) is 0.448. The molecule has 0 bridgehead atoms. The number of fused-ring (bicyclic) bond motifs is 1. The van der Waals surface area contributed by atoms with Gasteiger partial charge in [0.05, 0.1) is 10.3 Å². The molecule has 112 valence electrons. The Balaban J connectivity index is 2.37. The first kappa shape index (κ1) is 13.9. The summed E-state index contributed by atoms with van der Waals surface area (Å²) >= 11 is 0. The third-order valence-corrected chi connectivity index (χ3v) is 3.39. The zero-order chi connectivity index (χ0) is 15.9. The molecule has 22 heavy (non-hydrogen) atoms. The van der Waals surface area contributed by atoms with Crippen molar-refractivity contribution < 1.29 is 9.45 Å². The molecule has 0 radical (unpaired) electrons. The maximum absolute atomic E-state index is 12.2. The molecule has 3 rings (SSSR count). The Morgan fingerprint density at radius 2 is 2.18 bits per heavy atom. The van der Waals surface area contributed by atoms with Gasteiger partial charge in [0.1, 0.15) is 11.5 Å². The summed E-state index contributed by atoms with van der Waals surface area (Å²) in [5, 5.41) is 19.5. The van der Waals surface area contributed by atoms with Crippen molar-refractivity contribution in [2.24, 2.45) is 0 Å². The van der Waals surface area contributed by atoms with Crippen LogP contribution < -0.4 is 5.56 Å². The van der Waals surface area contributed by atoms with E-state index in [9.17, 15) is 14.9 Å². The van der Waals surface area contributed by atoms with E-state index in [1.54, 1.807) is 26.0 Å². The van der Waals surface area contributed by atoms with Crippen LogP contribution in [0, 0.1) is 17.0 Å². The molecule has 0 spiro atoms. The summed E-state index contributed by atoms with van der Waals surface area (Å²) in [7, 11) is 0. The van der Waals surface area contributed by atoms with Gasteiger partial charge in [-0.05, 0) is 13.8 Å². The number of rotatable bonds is 3. The van der Waals surface area contributed by atoms with Gasteiger partial charge in [0, 0.05) is 24.2 Å². The van der Waals surface area contributed by atoms with Gasteiger partial charge in [-0.15, -0.1) is 0 Å². The lowest BCUT2D eigenvalue weighted by Crippen LogP contribution is -2.23. The number of nitro groups is 1.